The van der Waals surface area contributed by atoms with Gasteiger partial charge in [0.15, 0.2) is 0 Å². The van der Waals surface area contributed by atoms with Gasteiger partial charge in [0.2, 0.25) is 11.8 Å². The second kappa shape index (κ2) is 12.3. The highest BCUT2D eigenvalue weighted by molar-refractivity contribution is 6.31. The van der Waals surface area contributed by atoms with Crippen molar-refractivity contribution in [2.24, 2.45) is 17.8 Å². The number of allylic oxidation sites excluding steroid dienone is 5. The molecule has 11 heteroatoms. The minimum atomic E-state index is -4.51. The van der Waals surface area contributed by atoms with Crippen LogP contribution in [-0.2, 0) is 34.3 Å². The molecule has 0 atom stereocenters. The molecule has 36 heavy (non-hydrogen) atoms. The molecule has 1 heterocycles. The van der Waals surface area contributed by atoms with E-state index < -0.39 is 17.7 Å². The lowest BCUT2D eigenvalue weighted by atomic mass is 10.1. The van der Waals surface area contributed by atoms with Gasteiger partial charge in [-0.3, -0.25) is 9.48 Å². The number of aryl methyl sites for hydroxylation is 1. The highest BCUT2D eigenvalue weighted by Gasteiger charge is 2.30. The van der Waals surface area contributed by atoms with Crippen LogP contribution in [-0.4, -0.2) is 34.9 Å². The molecule has 1 aromatic carbocycles. The minimum Gasteiger partial charge on any atom is -0.492 e. The van der Waals surface area contributed by atoms with E-state index in [-0.39, 0.29) is 24.7 Å². The van der Waals surface area contributed by atoms with Crippen LogP contribution in [0.4, 0.5) is 13.2 Å². The summed E-state index contributed by atoms with van der Waals surface area (Å²) in [5, 5.41) is 4.60. The molecule has 0 saturated heterocycles. The van der Waals surface area contributed by atoms with Gasteiger partial charge in [0.05, 0.1) is 48.0 Å². The summed E-state index contributed by atoms with van der Waals surface area (Å²) in [6.45, 7) is 8.66. The van der Waals surface area contributed by atoms with Gasteiger partial charge < -0.3 is 15.2 Å². The zero-order valence-electron chi connectivity index (χ0n) is 20.0. The molecule has 0 saturated carbocycles. The van der Waals surface area contributed by atoms with E-state index in [1.54, 1.807) is 25.2 Å². The number of aromatic nitrogens is 2. The molecule has 0 aliphatic heterocycles. The molecule has 0 fully saturated rings. The summed E-state index contributed by atoms with van der Waals surface area (Å²) >= 11 is 6.14. The van der Waals surface area contributed by atoms with E-state index in [1.165, 1.54) is 31.0 Å². The van der Waals surface area contributed by atoms with E-state index >= 15 is 0 Å². The molecule has 0 aliphatic rings. The van der Waals surface area contributed by atoms with Crippen LogP contribution in [0.2, 0.25) is 5.02 Å². The van der Waals surface area contributed by atoms with E-state index in [0.29, 0.717) is 33.1 Å². The Kier molecular flexibility index (Phi) is 9.68. The molecule has 0 spiro atoms. The van der Waals surface area contributed by atoms with E-state index in [4.69, 9.17) is 26.8 Å². The fraction of sp³-hybridized carbons (Fsp3) is 0.240. The van der Waals surface area contributed by atoms with Gasteiger partial charge in [0.1, 0.15) is 6.61 Å². The summed E-state index contributed by atoms with van der Waals surface area (Å²) in [6, 6.07) is 4.98. The van der Waals surface area contributed by atoms with Crippen LogP contribution in [0.3, 0.4) is 0 Å². The van der Waals surface area contributed by atoms with E-state index in [1.807, 2.05) is 0 Å². The number of carbonyl (C=O) groups is 1. The maximum atomic E-state index is 12.9. The topological polar surface area (TPSA) is 91.7 Å². The number of hydrogen-bond acceptors (Lipinski definition) is 5. The number of amides is 1. The number of aliphatic imine (C=N–C) groups is 1. The monoisotopic (exact) mass is 522 g/mol. The van der Waals surface area contributed by atoms with Gasteiger partial charge in [0, 0.05) is 17.6 Å². The highest BCUT2D eigenvalue weighted by Crippen LogP contribution is 2.27. The second-order valence-corrected chi connectivity index (χ2v) is 7.94. The van der Waals surface area contributed by atoms with Crippen molar-refractivity contribution < 1.29 is 27.4 Å². The SMILES string of the molecule is C=C/C(=C\C=C(/C)OCc1c(C(=NC(=C)c2ccc(Cl)c(CC(N)=O)c2)OC)cnn1C)C(F)(F)F. The highest BCUT2D eigenvalue weighted by atomic mass is 35.5. The molecule has 0 unspecified atom stereocenters. The van der Waals surface area contributed by atoms with Crippen molar-refractivity contribution in [1.29, 1.82) is 0 Å². The average molecular weight is 523 g/mol. The van der Waals surface area contributed by atoms with Gasteiger partial charge in [-0.25, -0.2) is 4.99 Å². The van der Waals surface area contributed by atoms with Gasteiger partial charge in [-0.05, 0) is 36.8 Å². The third-order valence-corrected chi connectivity index (χ3v) is 5.32. The molecule has 2 rings (SSSR count). The van der Waals surface area contributed by atoms with Crippen LogP contribution in [0, 0.1) is 0 Å². The Labute approximate surface area is 212 Å². The first-order valence-corrected chi connectivity index (χ1v) is 10.9. The first kappa shape index (κ1) is 28.4. The summed E-state index contributed by atoms with van der Waals surface area (Å²) in [5.41, 5.74) is 6.91. The predicted octanol–water partition coefficient (Wildman–Crippen LogP) is 5.26. The first-order chi connectivity index (χ1) is 16.9. The molecule has 192 valence electrons. The molecule has 0 radical (unpaired) electrons. The summed E-state index contributed by atoms with van der Waals surface area (Å²) < 4.78 is 51.2. The quantitative estimate of drug-likeness (QED) is 0.199. The van der Waals surface area contributed by atoms with Crippen LogP contribution in [0.1, 0.15) is 29.3 Å². The smallest absolute Gasteiger partial charge is 0.416 e. The van der Waals surface area contributed by atoms with Crippen LogP contribution in [0.25, 0.3) is 5.70 Å². The van der Waals surface area contributed by atoms with Crippen molar-refractivity contribution in [3.63, 3.8) is 0 Å². The van der Waals surface area contributed by atoms with Gasteiger partial charge in [-0.1, -0.05) is 36.9 Å². The molecular weight excluding hydrogens is 497 g/mol. The summed E-state index contributed by atoms with van der Waals surface area (Å²) in [5.74, 6) is -0.0976. The lowest BCUT2D eigenvalue weighted by Crippen LogP contribution is -2.14. The van der Waals surface area contributed by atoms with Gasteiger partial charge in [0.25, 0.3) is 0 Å². The molecule has 0 bridgehead atoms. The number of nitrogens with two attached hydrogens (primary N) is 1. The Hall–Kier alpha value is -3.79. The van der Waals surface area contributed by atoms with Crippen molar-refractivity contribution in [3.05, 3.63) is 94.5 Å². The van der Waals surface area contributed by atoms with Crippen LogP contribution >= 0.6 is 11.6 Å². The number of benzene rings is 1. The Balaban J connectivity index is 2.29. The molecule has 1 amide bonds. The molecule has 1 aromatic heterocycles. The predicted molar refractivity (Wildman–Crippen MR) is 133 cm³/mol. The lowest BCUT2D eigenvalue weighted by Gasteiger charge is -2.11. The molecule has 7 nitrogen and oxygen atoms in total. The average Bonchev–Trinajstić information content (AvgIpc) is 3.16. The number of carbonyl (C=O) groups excluding carboxylic acids is 1. The Morgan fingerprint density at radius 1 is 1.33 bits per heavy atom. The largest absolute Gasteiger partial charge is 0.492 e. The number of alkyl halides is 3. The maximum absolute atomic E-state index is 12.9. The van der Waals surface area contributed by atoms with Gasteiger partial charge in [-0.15, -0.1) is 0 Å². The molecule has 2 aromatic rings. The van der Waals surface area contributed by atoms with Crippen LogP contribution < -0.4 is 5.73 Å². The second-order valence-electron chi connectivity index (χ2n) is 7.54. The number of hydrogen-bond donors (Lipinski definition) is 1. The van der Waals surface area contributed by atoms with Crippen molar-refractivity contribution >= 4 is 29.1 Å². The zero-order valence-corrected chi connectivity index (χ0v) is 20.8. The summed E-state index contributed by atoms with van der Waals surface area (Å²) in [4.78, 5) is 15.8. The summed E-state index contributed by atoms with van der Waals surface area (Å²) in [6.07, 6.45) is -0.203. The van der Waals surface area contributed by atoms with Gasteiger partial charge >= 0.3 is 6.18 Å². The Bertz CT molecular complexity index is 1240. The van der Waals surface area contributed by atoms with E-state index in [9.17, 15) is 18.0 Å². The number of primary amides is 1. The van der Waals surface area contributed by atoms with E-state index in [2.05, 4.69) is 23.2 Å². The van der Waals surface area contributed by atoms with Crippen molar-refractivity contribution in [3.8, 4) is 0 Å². The molecule has 2 N–H and O–H groups in total. The maximum Gasteiger partial charge on any atom is 0.416 e. The fourth-order valence-electron chi connectivity index (χ4n) is 3.01. The number of ether oxygens (including phenoxy) is 2. The van der Waals surface area contributed by atoms with Crippen LogP contribution in [0.15, 0.2) is 72.1 Å². The molecule has 0 aliphatic carbocycles. The third-order valence-electron chi connectivity index (χ3n) is 4.95. The summed E-state index contributed by atoms with van der Waals surface area (Å²) in [7, 11) is 3.10. The zero-order chi connectivity index (χ0) is 27.0. The number of nitrogens with zero attached hydrogens (tertiary/aromatic N) is 3. The Morgan fingerprint density at radius 3 is 2.61 bits per heavy atom. The van der Waals surface area contributed by atoms with E-state index in [0.717, 1.165) is 12.2 Å². The Morgan fingerprint density at radius 2 is 2.03 bits per heavy atom. The lowest BCUT2D eigenvalue weighted by molar-refractivity contribution is -0.117. The van der Waals surface area contributed by atoms with Crippen molar-refractivity contribution in [1.82, 2.24) is 9.78 Å². The number of halogens is 4. The van der Waals surface area contributed by atoms with Crippen molar-refractivity contribution in [2.75, 3.05) is 7.11 Å². The van der Waals surface area contributed by atoms with Crippen LogP contribution in [0.5, 0.6) is 0 Å². The normalized spacial score (nSPS) is 12.9. The third kappa shape index (κ3) is 7.61. The minimum absolute atomic E-state index is 0.0178. The molecular formula is C25H26ClF3N4O3. The number of rotatable bonds is 10. The fourth-order valence-corrected chi connectivity index (χ4v) is 3.19. The number of methoxy groups -OCH3 is 1. The van der Waals surface area contributed by atoms with Gasteiger partial charge in [-0.2, -0.15) is 18.3 Å². The first-order valence-electron chi connectivity index (χ1n) is 10.5. The van der Waals surface area contributed by atoms with Crippen molar-refractivity contribution in [2.45, 2.75) is 26.1 Å². The standard InChI is InChI=1S/C25H26ClF3N4O3/c1-6-19(25(27,28)29)9-7-15(2)36-14-22-20(13-31-33(22)4)24(35-5)32-16(3)17-8-10-21(26)18(11-17)12-23(30)34/h6-11,13H,1,3,12,14H2,2,4-5H3,(H2,30,34)/b15-7+,19-9+,32-24?.